The van der Waals surface area contributed by atoms with Crippen molar-refractivity contribution in [3.63, 3.8) is 0 Å². The summed E-state index contributed by atoms with van der Waals surface area (Å²) in [4.78, 5) is 17.2. The van der Waals surface area contributed by atoms with Gasteiger partial charge in [0.2, 0.25) is 0 Å². The van der Waals surface area contributed by atoms with Crippen molar-refractivity contribution in [1.82, 2.24) is 14.4 Å². The Kier molecular flexibility index (Phi) is 4.57. The van der Waals surface area contributed by atoms with E-state index >= 15 is 0 Å². The molecule has 1 saturated heterocycles. The second-order valence-corrected chi connectivity index (χ2v) is 7.04. The number of aryl methyl sites for hydroxylation is 1. The molecule has 2 aliphatic rings. The molecule has 2 heterocycles. The van der Waals surface area contributed by atoms with Crippen LogP contribution in [-0.2, 0) is 0 Å². The molecule has 2 fully saturated rings. The Morgan fingerprint density at radius 1 is 1.05 bits per heavy atom. The van der Waals surface area contributed by atoms with Crippen LogP contribution in [0, 0.1) is 13.8 Å². The van der Waals surface area contributed by atoms with E-state index in [1.807, 2.05) is 4.90 Å². The number of hydrogen-bond acceptors (Lipinski definition) is 2. The Morgan fingerprint density at radius 3 is 2.32 bits per heavy atom. The molecule has 1 amide bonds. The third-order valence-corrected chi connectivity index (χ3v) is 5.45. The molecule has 0 bridgehead atoms. The van der Waals surface area contributed by atoms with Gasteiger partial charge < -0.3 is 14.4 Å². The number of likely N-dealkylation sites (N-methyl/N-ethyl adjacent to an activating group) is 1. The maximum absolute atomic E-state index is 12.9. The number of hydrogen-bond donors (Lipinski definition) is 0. The average Bonchev–Trinajstić information content (AvgIpc) is 2.83. The smallest absolute Gasteiger partial charge is 0.255 e. The van der Waals surface area contributed by atoms with Crippen molar-refractivity contribution < 1.29 is 4.79 Å². The van der Waals surface area contributed by atoms with Crippen molar-refractivity contribution in [2.24, 2.45) is 0 Å². The zero-order valence-corrected chi connectivity index (χ0v) is 14.3. The van der Waals surface area contributed by atoms with E-state index < -0.39 is 0 Å². The number of nitrogens with zero attached hydrogens (tertiary/aromatic N) is 3. The normalized spacial score (nSPS) is 21.3. The van der Waals surface area contributed by atoms with Crippen molar-refractivity contribution in [3.8, 4) is 0 Å². The van der Waals surface area contributed by atoms with E-state index in [1.165, 1.54) is 43.5 Å². The van der Waals surface area contributed by atoms with Crippen LogP contribution in [0.4, 0.5) is 0 Å². The SMILES string of the molecule is Cc1cc(C(=O)N2CCN(C)CC2)c(C)n1C1CCCCC1. The third kappa shape index (κ3) is 2.94. The lowest BCUT2D eigenvalue weighted by Crippen LogP contribution is -2.47. The first kappa shape index (κ1) is 15.6. The van der Waals surface area contributed by atoms with Gasteiger partial charge in [-0.25, -0.2) is 0 Å². The minimum Gasteiger partial charge on any atom is -0.345 e. The standard InChI is InChI=1S/C18H29N3O/c1-14-13-17(18(22)20-11-9-19(3)10-12-20)15(2)21(14)16-7-5-4-6-8-16/h13,16H,4-12H2,1-3H3. The Morgan fingerprint density at radius 2 is 1.68 bits per heavy atom. The quantitative estimate of drug-likeness (QED) is 0.840. The van der Waals surface area contributed by atoms with E-state index in [0.717, 1.165) is 31.7 Å². The highest BCUT2D eigenvalue weighted by Crippen LogP contribution is 2.32. The Hall–Kier alpha value is -1.29. The summed E-state index contributed by atoms with van der Waals surface area (Å²) in [5.41, 5.74) is 3.35. The predicted molar refractivity (Wildman–Crippen MR) is 89.4 cm³/mol. The highest BCUT2D eigenvalue weighted by atomic mass is 16.2. The molecular weight excluding hydrogens is 274 g/mol. The lowest BCUT2D eigenvalue weighted by atomic mass is 9.95. The number of carbonyl (C=O) groups excluding carboxylic acids is 1. The van der Waals surface area contributed by atoms with E-state index in [1.54, 1.807) is 0 Å². The first-order valence-corrected chi connectivity index (χ1v) is 8.74. The van der Waals surface area contributed by atoms with Gasteiger partial charge in [-0.15, -0.1) is 0 Å². The molecular formula is C18H29N3O. The molecule has 4 heteroatoms. The fourth-order valence-electron chi connectivity index (χ4n) is 4.07. The van der Waals surface area contributed by atoms with Crippen molar-refractivity contribution in [2.45, 2.75) is 52.0 Å². The second kappa shape index (κ2) is 6.45. The van der Waals surface area contributed by atoms with Crippen LogP contribution in [0.15, 0.2) is 6.07 Å². The van der Waals surface area contributed by atoms with E-state index in [4.69, 9.17) is 0 Å². The lowest BCUT2D eigenvalue weighted by Gasteiger charge is -2.32. The number of amides is 1. The van der Waals surface area contributed by atoms with Gasteiger partial charge >= 0.3 is 0 Å². The molecule has 1 aliphatic heterocycles. The summed E-state index contributed by atoms with van der Waals surface area (Å²) in [5, 5.41) is 0. The average molecular weight is 303 g/mol. The highest BCUT2D eigenvalue weighted by Gasteiger charge is 2.26. The van der Waals surface area contributed by atoms with Crippen LogP contribution in [0.2, 0.25) is 0 Å². The molecule has 1 aromatic rings. The number of piperazine rings is 1. The summed E-state index contributed by atoms with van der Waals surface area (Å²) in [5.74, 6) is 0.225. The monoisotopic (exact) mass is 303 g/mol. The van der Waals surface area contributed by atoms with Gasteiger partial charge in [-0.3, -0.25) is 4.79 Å². The second-order valence-electron chi connectivity index (χ2n) is 7.04. The largest absolute Gasteiger partial charge is 0.345 e. The van der Waals surface area contributed by atoms with E-state index in [9.17, 15) is 4.79 Å². The third-order valence-electron chi connectivity index (χ3n) is 5.45. The highest BCUT2D eigenvalue weighted by molar-refractivity contribution is 5.95. The van der Waals surface area contributed by atoms with Gasteiger partial charge in [0.25, 0.3) is 5.91 Å². The van der Waals surface area contributed by atoms with Crippen molar-refractivity contribution in [3.05, 3.63) is 23.0 Å². The lowest BCUT2D eigenvalue weighted by molar-refractivity contribution is 0.0663. The van der Waals surface area contributed by atoms with Gasteiger partial charge in [0.1, 0.15) is 0 Å². The zero-order chi connectivity index (χ0) is 15.7. The summed E-state index contributed by atoms with van der Waals surface area (Å²) in [6.07, 6.45) is 6.53. The minimum atomic E-state index is 0.225. The predicted octanol–water partition coefficient (Wildman–Crippen LogP) is 3.00. The van der Waals surface area contributed by atoms with Crippen LogP contribution in [0.5, 0.6) is 0 Å². The summed E-state index contributed by atoms with van der Waals surface area (Å²) in [7, 11) is 2.12. The van der Waals surface area contributed by atoms with Crippen LogP contribution in [0.1, 0.15) is 59.9 Å². The van der Waals surface area contributed by atoms with E-state index in [0.29, 0.717) is 6.04 Å². The van der Waals surface area contributed by atoms with Crippen LogP contribution < -0.4 is 0 Å². The van der Waals surface area contributed by atoms with E-state index in [2.05, 4.69) is 36.4 Å². The maximum atomic E-state index is 12.9. The molecule has 0 unspecified atom stereocenters. The molecule has 0 aromatic carbocycles. The molecule has 0 spiro atoms. The van der Waals surface area contributed by atoms with Gasteiger partial charge in [-0.1, -0.05) is 19.3 Å². The van der Waals surface area contributed by atoms with Gasteiger partial charge in [-0.05, 0) is 39.8 Å². The molecule has 3 rings (SSSR count). The Labute approximate surface area is 134 Å². The van der Waals surface area contributed by atoms with Crippen molar-refractivity contribution in [1.29, 1.82) is 0 Å². The van der Waals surface area contributed by atoms with Crippen LogP contribution in [0.25, 0.3) is 0 Å². The maximum Gasteiger partial charge on any atom is 0.255 e. The van der Waals surface area contributed by atoms with E-state index in [-0.39, 0.29) is 5.91 Å². The molecule has 22 heavy (non-hydrogen) atoms. The molecule has 0 radical (unpaired) electrons. The first-order chi connectivity index (χ1) is 10.6. The molecule has 0 atom stereocenters. The Bertz CT molecular complexity index is 535. The fourth-order valence-corrected chi connectivity index (χ4v) is 4.07. The number of aromatic nitrogens is 1. The summed E-state index contributed by atoms with van der Waals surface area (Å²) < 4.78 is 2.43. The van der Waals surface area contributed by atoms with Crippen molar-refractivity contribution >= 4 is 5.91 Å². The van der Waals surface area contributed by atoms with Crippen LogP contribution in [0.3, 0.4) is 0 Å². The summed E-state index contributed by atoms with van der Waals surface area (Å²) in [6, 6.07) is 2.72. The fraction of sp³-hybridized carbons (Fsp3) is 0.722. The molecule has 1 aliphatic carbocycles. The van der Waals surface area contributed by atoms with Crippen LogP contribution >= 0.6 is 0 Å². The molecule has 122 valence electrons. The Balaban J connectivity index is 1.81. The molecule has 1 saturated carbocycles. The molecule has 1 aromatic heterocycles. The van der Waals surface area contributed by atoms with Gasteiger partial charge in [0.15, 0.2) is 0 Å². The van der Waals surface area contributed by atoms with Gasteiger partial charge in [-0.2, -0.15) is 0 Å². The number of rotatable bonds is 2. The first-order valence-electron chi connectivity index (χ1n) is 8.74. The van der Waals surface area contributed by atoms with Gasteiger partial charge in [0.05, 0.1) is 5.56 Å². The zero-order valence-electron chi connectivity index (χ0n) is 14.3. The van der Waals surface area contributed by atoms with Crippen molar-refractivity contribution in [2.75, 3.05) is 33.2 Å². The minimum absolute atomic E-state index is 0.225. The van der Waals surface area contributed by atoms with Crippen LogP contribution in [-0.4, -0.2) is 53.5 Å². The summed E-state index contributed by atoms with van der Waals surface area (Å²) >= 11 is 0. The molecule has 4 nitrogen and oxygen atoms in total. The van der Waals surface area contributed by atoms with Gasteiger partial charge in [0, 0.05) is 43.6 Å². The number of carbonyl (C=O) groups is 1. The molecule has 0 N–H and O–H groups in total. The topological polar surface area (TPSA) is 28.5 Å². The summed E-state index contributed by atoms with van der Waals surface area (Å²) in [6.45, 7) is 7.94.